The van der Waals surface area contributed by atoms with Crippen molar-refractivity contribution in [1.82, 2.24) is 9.97 Å². The molecule has 0 amide bonds. The molecule has 0 spiro atoms. The average molecular weight is 372 g/mol. The standard InChI is InChI=1S/C13H12Br2N2O/c1-3-10-11(15)13(18)17-12(16-10)8-5-4-7(2)6-9(8)14/h4-6H,3H2,1-2H3,(H,16,17,18). The molecule has 0 saturated carbocycles. The van der Waals surface area contributed by atoms with Gasteiger partial charge in [0.1, 0.15) is 10.3 Å². The third kappa shape index (κ3) is 2.57. The number of nitrogens with zero attached hydrogens (tertiary/aromatic N) is 1. The fraction of sp³-hybridized carbons (Fsp3) is 0.231. The van der Waals surface area contributed by atoms with Crippen molar-refractivity contribution >= 4 is 31.9 Å². The third-order valence-corrected chi connectivity index (χ3v) is 4.12. The van der Waals surface area contributed by atoms with E-state index >= 15 is 0 Å². The topological polar surface area (TPSA) is 45.8 Å². The highest BCUT2D eigenvalue weighted by molar-refractivity contribution is 9.10. The Hall–Kier alpha value is -0.940. The Bertz CT molecular complexity index is 650. The van der Waals surface area contributed by atoms with E-state index < -0.39 is 0 Å². The number of aromatic amines is 1. The highest BCUT2D eigenvalue weighted by Gasteiger charge is 2.11. The van der Waals surface area contributed by atoms with Crippen LogP contribution in [0.1, 0.15) is 18.2 Å². The van der Waals surface area contributed by atoms with Crippen molar-refractivity contribution in [2.75, 3.05) is 0 Å². The summed E-state index contributed by atoms with van der Waals surface area (Å²) in [5.74, 6) is 0.590. The molecule has 0 saturated heterocycles. The second-order valence-corrected chi connectivity index (χ2v) is 5.66. The normalized spacial score (nSPS) is 10.7. The Kier molecular flexibility index (Phi) is 4.02. The zero-order chi connectivity index (χ0) is 13.3. The summed E-state index contributed by atoms with van der Waals surface area (Å²) in [4.78, 5) is 19.1. The van der Waals surface area contributed by atoms with Crippen LogP contribution in [0.25, 0.3) is 11.4 Å². The lowest BCUT2D eigenvalue weighted by molar-refractivity contribution is 0.969. The Labute approximate surface area is 122 Å². The van der Waals surface area contributed by atoms with Crippen molar-refractivity contribution in [3.05, 3.63) is 48.8 Å². The van der Waals surface area contributed by atoms with Crippen molar-refractivity contribution in [2.45, 2.75) is 20.3 Å². The SMILES string of the molecule is CCc1nc(-c2ccc(C)cc2Br)[nH]c(=O)c1Br. The highest BCUT2D eigenvalue weighted by Crippen LogP contribution is 2.26. The van der Waals surface area contributed by atoms with E-state index in [0.717, 1.165) is 21.3 Å². The second-order valence-electron chi connectivity index (χ2n) is 4.01. The van der Waals surface area contributed by atoms with Gasteiger partial charge in [-0.25, -0.2) is 4.98 Å². The fourth-order valence-electron chi connectivity index (χ4n) is 1.68. The number of benzene rings is 1. The lowest BCUT2D eigenvalue weighted by Gasteiger charge is -2.07. The first-order valence-electron chi connectivity index (χ1n) is 5.58. The number of nitrogens with one attached hydrogen (secondary N) is 1. The first-order valence-corrected chi connectivity index (χ1v) is 7.16. The van der Waals surface area contributed by atoms with Crippen LogP contribution in [0.15, 0.2) is 31.9 Å². The van der Waals surface area contributed by atoms with Crippen LogP contribution >= 0.6 is 31.9 Å². The van der Waals surface area contributed by atoms with Gasteiger partial charge < -0.3 is 4.98 Å². The number of rotatable bonds is 2. The summed E-state index contributed by atoms with van der Waals surface area (Å²) < 4.78 is 1.44. The molecule has 0 aliphatic heterocycles. The highest BCUT2D eigenvalue weighted by atomic mass is 79.9. The third-order valence-electron chi connectivity index (χ3n) is 2.65. The van der Waals surface area contributed by atoms with Crippen LogP contribution in [0.5, 0.6) is 0 Å². The maximum atomic E-state index is 11.8. The quantitative estimate of drug-likeness (QED) is 0.871. The van der Waals surface area contributed by atoms with Crippen LogP contribution in [-0.4, -0.2) is 9.97 Å². The molecular weight excluding hydrogens is 360 g/mol. The van der Waals surface area contributed by atoms with Gasteiger partial charge in [-0.15, -0.1) is 0 Å². The van der Waals surface area contributed by atoms with Gasteiger partial charge in [0.15, 0.2) is 0 Å². The zero-order valence-electron chi connectivity index (χ0n) is 10.1. The van der Waals surface area contributed by atoms with Crippen molar-refractivity contribution in [3.8, 4) is 11.4 Å². The summed E-state index contributed by atoms with van der Waals surface area (Å²) in [5.41, 5.74) is 2.66. The van der Waals surface area contributed by atoms with Gasteiger partial charge in [0, 0.05) is 10.0 Å². The summed E-state index contributed by atoms with van der Waals surface area (Å²) in [5, 5.41) is 0. The number of aromatic nitrogens is 2. The molecule has 5 heteroatoms. The molecule has 3 nitrogen and oxygen atoms in total. The lowest BCUT2D eigenvalue weighted by Crippen LogP contribution is -2.13. The average Bonchev–Trinajstić information content (AvgIpc) is 2.32. The van der Waals surface area contributed by atoms with E-state index in [0.29, 0.717) is 16.7 Å². The van der Waals surface area contributed by atoms with Crippen molar-refractivity contribution < 1.29 is 0 Å². The zero-order valence-corrected chi connectivity index (χ0v) is 13.2. The van der Waals surface area contributed by atoms with Crippen LogP contribution in [-0.2, 0) is 6.42 Å². The molecule has 0 atom stereocenters. The van der Waals surface area contributed by atoms with Crippen LogP contribution in [0.2, 0.25) is 0 Å². The Morgan fingerprint density at radius 2 is 2.06 bits per heavy atom. The summed E-state index contributed by atoms with van der Waals surface area (Å²) in [6.07, 6.45) is 0.709. The Balaban J connectivity index is 2.64. The molecule has 0 aliphatic carbocycles. The molecule has 1 aromatic heterocycles. The molecule has 2 aromatic rings. The first kappa shape index (κ1) is 13.5. The largest absolute Gasteiger partial charge is 0.306 e. The molecule has 2 rings (SSSR count). The van der Waals surface area contributed by atoms with Gasteiger partial charge in [0.25, 0.3) is 5.56 Å². The van der Waals surface area contributed by atoms with Crippen LogP contribution in [0.3, 0.4) is 0 Å². The van der Waals surface area contributed by atoms with E-state index in [1.165, 1.54) is 0 Å². The van der Waals surface area contributed by atoms with Gasteiger partial charge in [0.2, 0.25) is 0 Å². The maximum Gasteiger partial charge on any atom is 0.265 e. The predicted molar refractivity (Wildman–Crippen MR) is 79.8 cm³/mol. The number of hydrogen-bond donors (Lipinski definition) is 1. The smallest absolute Gasteiger partial charge is 0.265 e. The van der Waals surface area contributed by atoms with E-state index in [1.807, 2.05) is 32.0 Å². The molecule has 18 heavy (non-hydrogen) atoms. The van der Waals surface area contributed by atoms with Gasteiger partial charge in [-0.05, 0) is 47.0 Å². The molecule has 0 unspecified atom stereocenters. The lowest BCUT2D eigenvalue weighted by atomic mass is 10.1. The van der Waals surface area contributed by atoms with Gasteiger partial charge in [-0.2, -0.15) is 0 Å². The number of halogens is 2. The molecule has 1 N–H and O–H groups in total. The van der Waals surface area contributed by atoms with Gasteiger partial charge in [-0.3, -0.25) is 4.79 Å². The molecule has 0 aliphatic rings. The van der Waals surface area contributed by atoms with Gasteiger partial charge in [-0.1, -0.05) is 28.9 Å². The minimum absolute atomic E-state index is 0.149. The van der Waals surface area contributed by atoms with Crippen molar-refractivity contribution in [2.24, 2.45) is 0 Å². The van der Waals surface area contributed by atoms with Crippen LogP contribution in [0, 0.1) is 6.92 Å². The second kappa shape index (κ2) is 5.36. The van der Waals surface area contributed by atoms with E-state index in [9.17, 15) is 4.79 Å². The van der Waals surface area contributed by atoms with E-state index in [1.54, 1.807) is 0 Å². The number of hydrogen-bond acceptors (Lipinski definition) is 2. The number of H-pyrrole nitrogens is 1. The summed E-state index contributed by atoms with van der Waals surface area (Å²) in [7, 11) is 0. The van der Waals surface area contributed by atoms with Crippen molar-refractivity contribution in [1.29, 1.82) is 0 Å². The number of aryl methyl sites for hydroxylation is 2. The fourth-order valence-corrected chi connectivity index (χ4v) is 2.83. The van der Waals surface area contributed by atoms with E-state index in [-0.39, 0.29) is 5.56 Å². The minimum atomic E-state index is -0.149. The molecule has 0 fully saturated rings. The molecule has 0 bridgehead atoms. The van der Waals surface area contributed by atoms with E-state index in [2.05, 4.69) is 41.8 Å². The summed E-state index contributed by atoms with van der Waals surface area (Å²) >= 11 is 6.76. The van der Waals surface area contributed by atoms with Gasteiger partial charge >= 0.3 is 0 Å². The first-order chi connectivity index (χ1) is 8.52. The molecule has 1 aromatic carbocycles. The van der Waals surface area contributed by atoms with Crippen LogP contribution < -0.4 is 5.56 Å². The monoisotopic (exact) mass is 370 g/mol. The Morgan fingerprint density at radius 1 is 1.33 bits per heavy atom. The summed E-state index contributed by atoms with van der Waals surface area (Å²) in [6.45, 7) is 3.99. The van der Waals surface area contributed by atoms with E-state index in [4.69, 9.17) is 0 Å². The maximum absolute atomic E-state index is 11.8. The molecule has 1 heterocycles. The van der Waals surface area contributed by atoms with Gasteiger partial charge in [0.05, 0.1) is 5.69 Å². The van der Waals surface area contributed by atoms with Crippen molar-refractivity contribution in [3.63, 3.8) is 0 Å². The Morgan fingerprint density at radius 3 is 2.67 bits per heavy atom. The molecule has 94 valence electrons. The summed E-state index contributed by atoms with van der Waals surface area (Å²) in [6, 6.07) is 5.95. The minimum Gasteiger partial charge on any atom is -0.306 e. The van der Waals surface area contributed by atoms with Crippen LogP contribution in [0.4, 0.5) is 0 Å². The molecular formula is C13H12Br2N2O. The molecule has 0 radical (unpaired) electrons. The predicted octanol–water partition coefficient (Wildman–Crippen LogP) is 3.83.